The third kappa shape index (κ3) is 7.24. The summed E-state index contributed by atoms with van der Waals surface area (Å²) in [6.07, 6.45) is 0. The maximum Gasteiger partial charge on any atom is 0.327 e. The van der Waals surface area contributed by atoms with Crippen molar-refractivity contribution in [1.82, 2.24) is 10.6 Å². The molecule has 0 heterocycles. The number of nitrogens with one attached hydrogen (secondary N) is 2. The van der Waals surface area contributed by atoms with E-state index in [0.29, 0.717) is 16.9 Å². The normalized spacial score (nSPS) is 12.4. The molecule has 0 unspecified atom stereocenters. The summed E-state index contributed by atoms with van der Waals surface area (Å²) in [5.74, 6) is -3.09. The molecule has 0 saturated heterocycles. The minimum Gasteiger partial charge on any atom is -0.484 e. The van der Waals surface area contributed by atoms with Crippen LogP contribution in [0.2, 0.25) is 0 Å². The number of hydrogen-bond donors (Lipinski definition) is 6. The molecule has 2 aromatic rings. The summed E-state index contributed by atoms with van der Waals surface area (Å²) in [5.41, 5.74) is 0. The second-order valence-electron chi connectivity index (χ2n) is 6.50. The Hall–Kier alpha value is -3.12. The summed E-state index contributed by atoms with van der Waals surface area (Å²) in [5, 5.41) is 23.9. The fourth-order valence-corrected chi connectivity index (χ4v) is 3.07. The van der Waals surface area contributed by atoms with E-state index in [1.807, 2.05) is 6.07 Å². The SMILES string of the molecule is O=C(COc1ccc2cccc(OCC(=O)N[C@@H](CS)C(=O)O)c2c1)N[C@@H](CS)C(=O)O. The number of aliphatic carboxylic acids is 2. The van der Waals surface area contributed by atoms with Crippen molar-refractivity contribution in [3.05, 3.63) is 36.4 Å². The number of carbonyl (C=O) groups excluding carboxylic acids is 2. The second kappa shape index (κ2) is 12.1. The lowest BCUT2D eigenvalue weighted by Crippen LogP contribution is -2.44. The maximum absolute atomic E-state index is 12.0. The van der Waals surface area contributed by atoms with Crippen molar-refractivity contribution < 1.29 is 38.9 Å². The van der Waals surface area contributed by atoms with E-state index in [1.165, 1.54) is 0 Å². The molecule has 0 radical (unpaired) electrons. The molecule has 0 aliphatic rings. The Kier molecular flexibility index (Phi) is 9.47. The number of benzene rings is 2. The van der Waals surface area contributed by atoms with Crippen molar-refractivity contribution in [3.63, 3.8) is 0 Å². The monoisotopic (exact) mass is 482 g/mol. The minimum atomic E-state index is -1.20. The number of hydrogen-bond acceptors (Lipinski definition) is 8. The largest absolute Gasteiger partial charge is 0.484 e. The lowest BCUT2D eigenvalue weighted by molar-refractivity contribution is -0.141. The Morgan fingerprint density at radius 2 is 1.41 bits per heavy atom. The van der Waals surface area contributed by atoms with Gasteiger partial charge in [0.05, 0.1) is 0 Å². The summed E-state index contributed by atoms with van der Waals surface area (Å²) >= 11 is 7.76. The summed E-state index contributed by atoms with van der Waals surface area (Å²) < 4.78 is 11.0. The molecule has 0 saturated carbocycles. The Morgan fingerprint density at radius 1 is 0.844 bits per heavy atom. The Morgan fingerprint density at radius 3 is 1.94 bits per heavy atom. The van der Waals surface area contributed by atoms with Gasteiger partial charge in [-0.15, -0.1) is 0 Å². The first-order valence-corrected chi connectivity index (χ1v) is 10.6. The average Bonchev–Trinajstić information content (AvgIpc) is 2.77. The molecular formula is C20H22N2O8S2. The number of amides is 2. The molecule has 32 heavy (non-hydrogen) atoms. The summed E-state index contributed by atoms with van der Waals surface area (Å²) in [4.78, 5) is 45.8. The highest BCUT2D eigenvalue weighted by molar-refractivity contribution is 7.80. The molecule has 4 N–H and O–H groups in total. The first kappa shape index (κ1) is 25.1. The third-order valence-corrected chi connectivity index (χ3v) is 4.90. The molecular weight excluding hydrogens is 460 g/mol. The zero-order valence-electron chi connectivity index (χ0n) is 16.7. The maximum atomic E-state index is 12.0. The van der Waals surface area contributed by atoms with Crippen LogP contribution in [0.3, 0.4) is 0 Å². The van der Waals surface area contributed by atoms with Gasteiger partial charge in [-0.25, -0.2) is 9.59 Å². The number of carboxylic acid groups (broad SMARTS) is 2. The highest BCUT2D eigenvalue weighted by Crippen LogP contribution is 2.29. The summed E-state index contributed by atoms with van der Waals surface area (Å²) in [6.45, 7) is -0.820. The first-order valence-electron chi connectivity index (χ1n) is 9.29. The fourth-order valence-electron chi connectivity index (χ4n) is 2.57. The molecule has 0 bridgehead atoms. The van der Waals surface area contributed by atoms with E-state index in [4.69, 9.17) is 19.7 Å². The van der Waals surface area contributed by atoms with Crippen molar-refractivity contribution >= 4 is 59.8 Å². The van der Waals surface area contributed by atoms with Crippen LogP contribution in [0.15, 0.2) is 36.4 Å². The van der Waals surface area contributed by atoms with Gasteiger partial charge in [0.25, 0.3) is 11.8 Å². The summed E-state index contributed by atoms with van der Waals surface area (Å²) in [7, 11) is 0. The number of rotatable bonds is 12. The van der Waals surface area contributed by atoms with Crippen LogP contribution in [0.4, 0.5) is 0 Å². The van der Waals surface area contributed by atoms with Crippen molar-refractivity contribution in [2.24, 2.45) is 0 Å². The second-order valence-corrected chi connectivity index (χ2v) is 7.23. The predicted molar refractivity (Wildman–Crippen MR) is 122 cm³/mol. The van der Waals surface area contributed by atoms with Crippen LogP contribution >= 0.6 is 25.3 Å². The van der Waals surface area contributed by atoms with E-state index < -0.39 is 49.1 Å². The van der Waals surface area contributed by atoms with Gasteiger partial charge < -0.3 is 30.3 Å². The topological polar surface area (TPSA) is 151 Å². The number of carboxylic acids is 2. The quantitative estimate of drug-likeness (QED) is 0.241. The molecule has 0 aliphatic carbocycles. The molecule has 2 amide bonds. The van der Waals surface area contributed by atoms with Crippen LogP contribution in [0.1, 0.15) is 0 Å². The van der Waals surface area contributed by atoms with Gasteiger partial charge >= 0.3 is 11.9 Å². The molecule has 172 valence electrons. The highest BCUT2D eigenvalue weighted by atomic mass is 32.1. The van der Waals surface area contributed by atoms with E-state index in [9.17, 15) is 19.2 Å². The molecule has 2 atom stereocenters. The lowest BCUT2D eigenvalue weighted by atomic mass is 10.1. The average molecular weight is 483 g/mol. The van der Waals surface area contributed by atoms with Crippen LogP contribution in [-0.4, -0.2) is 70.8 Å². The molecule has 0 spiro atoms. The third-order valence-electron chi connectivity index (χ3n) is 4.17. The van der Waals surface area contributed by atoms with Gasteiger partial charge in [-0.3, -0.25) is 9.59 Å². The van der Waals surface area contributed by atoms with Gasteiger partial charge in [-0.1, -0.05) is 18.2 Å². The van der Waals surface area contributed by atoms with E-state index in [1.54, 1.807) is 30.3 Å². The molecule has 2 aromatic carbocycles. The molecule has 0 aliphatic heterocycles. The molecule has 12 heteroatoms. The van der Waals surface area contributed by atoms with Gasteiger partial charge in [0.1, 0.15) is 23.6 Å². The van der Waals surface area contributed by atoms with Crippen molar-refractivity contribution in [2.45, 2.75) is 12.1 Å². The number of fused-ring (bicyclic) bond motifs is 1. The molecule has 10 nitrogen and oxygen atoms in total. The number of thiol groups is 2. The van der Waals surface area contributed by atoms with Crippen molar-refractivity contribution in [3.8, 4) is 11.5 Å². The van der Waals surface area contributed by atoms with Gasteiger partial charge in [0, 0.05) is 16.9 Å². The summed E-state index contributed by atoms with van der Waals surface area (Å²) in [6, 6.07) is 7.87. The zero-order valence-corrected chi connectivity index (χ0v) is 18.5. The van der Waals surface area contributed by atoms with Crippen LogP contribution < -0.4 is 20.1 Å². The lowest BCUT2D eigenvalue weighted by Gasteiger charge is -2.14. The first-order chi connectivity index (χ1) is 15.2. The minimum absolute atomic E-state index is 0.0630. The van der Waals surface area contributed by atoms with Crippen LogP contribution in [0, 0.1) is 0 Å². The highest BCUT2D eigenvalue weighted by Gasteiger charge is 2.19. The van der Waals surface area contributed by atoms with E-state index >= 15 is 0 Å². The smallest absolute Gasteiger partial charge is 0.327 e. The Labute approximate surface area is 194 Å². The van der Waals surface area contributed by atoms with Crippen LogP contribution in [-0.2, 0) is 19.2 Å². The molecule has 0 fully saturated rings. The van der Waals surface area contributed by atoms with Gasteiger partial charge in [-0.05, 0) is 23.6 Å². The van der Waals surface area contributed by atoms with E-state index in [0.717, 1.165) is 5.39 Å². The van der Waals surface area contributed by atoms with Gasteiger partial charge in [0.15, 0.2) is 13.2 Å². The number of carbonyl (C=O) groups is 4. The van der Waals surface area contributed by atoms with E-state index in [2.05, 4.69) is 35.9 Å². The fraction of sp³-hybridized carbons (Fsp3) is 0.300. The molecule has 0 aromatic heterocycles. The van der Waals surface area contributed by atoms with Crippen molar-refractivity contribution in [2.75, 3.05) is 24.7 Å². The Bertz CT molecular complexity index is 1000. The zero-order chi connectivity index (χ0) is 23.7. The van der Waals surface area contributed by atoms with Crippen LogP contribution in [0.5, 0.6) is 11.5 Å². The number of ether oxygens (including phenoxy) is 2. The molecule has 2 rings (SSSR count). The van der Waals surface area contributed by atoms with Gasteiger partial charge in [0.2, 0.25) is 0 Å². The van der Waals surface area contributed by atoms with Crippen LogP contribution in [0.25, 0.3) is 10.8 Å². The van der Waals surface area contributed by atoms with Crippen molar-refractivity contribution in [1.29, 1.82) is 0 Å². The van der Waals surface area contributed by atoms with Gasteiger partial charge in [-0.2, -0.15) is 25.3 Å². The Balaban J connectivity index is 2.04. The predicted octanol–water partition coefficient (Wildman–Crippen LogP) is 0.596. The van der Waals surface area contributed by atoms with E-state index in [-0.39, 0.29) is 11.5 Å². The standard InChI is InChI=1S/C20H22N2O8S2/c23-17(21-14(9-31)19(25)26)7-29-12-5-4-11-2-1-3-16(13(11)6-12)30-8-18(24)22-15(10-32)20(27)28/h1-6,14-15,31-32H,7-10H2,(H,21,23)(H,22,24)(H,25,26)(H,27,28)/t14-,15-/m0/s1.